The summed E-state index contributed by atoms with van der Waals surface area (Å²) in [6.07, 6.45) is 6.70. The summed E-state index contributed by atoms with van der Waals surface area (Å²) in [6, 6.07) is 14.2. The van der Waals surface area contributed by atoms with Gasteiger partial charge < -0.3 is 0 Å². The van der Waals surface area contributed by atoms with Crippen molar-refractivity contribution in [1.82, 2.24) is 4.90 Å². The largest absolute Gasteiger partial charge is 0.283 e. The van der Waals surface area contributed by atoms with Crippen LogP contribution >= 0.6 is 23.1 Å². The number of hydrogen-bond donors (Lipinski definition) is 0. The molecule has 1 aliphatic carbocycles. The Bertz CT molecular complexity index is 827. The minimum atomic E-state index is 0.108. The quantitative estimate of drug-likeness (QED) is 0.616. The molecule has 1 amide bonds. The Morgan fingerprint density at radius 1 is 1.12 bits per heavy atom. The summed E-state index contributed by atoms with van der Waals surface area (Å²) < 4.78 is 0. The normalized spacial score (nSPS) is 26.8. The van der Waals surface area contributed by atoms with Gasteiger partial charge in [-0.25, -0.2) is 4.99 Å². The Labute approximate surface area is 162 Å². The molecule has 5 heteroatoms. The van der Waals surface area contributed by atoms with Crippen molar-refractivity contribution in [3.63, 3.8) is 0 Å². The number of rotatable bonds is 3. The van der Waals surface area contributed by atoms with Crippen LogP contribution in [0.1, 0.15) is 37.5 Å². The van der Waals surface area contributed by atoms with Gasteiger partial charge >= 0.3 is 0 Å². The van der Waals surface area contributed by atoms with Crippen LogP contribution in [-0.4, -0.2) is 22.0 Å². The van der Waals surface area contributed by atoms with Gasteiger partial charge in [0.2, 0.25) is 0 Å². The molecule has 2 atom stereocenters. The zero-order chi connectivity index (χ0) is 17.9. The van der Waals surface area contributed by atoms with E-state index in [0.717, 1.165) is 27.1 Å². The van der Waals surface area contributed by atoms with E-state index in [1.165, 1.54) is 31.0 Å². The maximum absolute atomic E-state index is 13.2. The lowest BCUT2D eigenvalue weighted by molar-refractivity contribution is -0.124. The van der Waals surface area contributed by atoms with Gasteiger partial charge in [-0.1, -0.05) is 44.0 Å². The number of para-hydroxylation sites is 1. The van der Waals surface area contributed by atoms with Crippen LogP contribution in [0.4, 0.5) is 5.69 Å². The Kier molecular flexibility index (Phi) is 5.27. The van der Waals surface area contributed by atoms with Crippen molar-refractivity contribution in [2.75, 3.05) is 0 Å². The maximum Gasteiger partial charge on any atom is 0.267 e. The molecule has 1 saturated carbocycles. The summed E-state index contributed by atoms with van der Waals surface area (Å²) in [6.45, 7) is 2.27. The van der Waals surface area contributed by atoms with E-state index in [2.05, 4.69) is 6.92 Å². The van der Waals surface area contributed by atoms with E-state index < -0.39 is 0 Å². The summed E-state index contributed by atoms with van der Waals surface area (Å²) in [7, 11) is 0. The average Bonchev–Trinajstić information content (AvgIpc) is 3.26. The number of amides is 1. The van der Waals surface area contributed by atoms with Crippen molar-refractivity contribution in [3.05, 3.63) is 57.6 Å². The first-order chi connectivity index (χ1) is 12.7. The monoisotopic (exact) mass is 382 g/mol. The summed E-state index contributed by atoms with van der Waals surface area (Å²) in [5.74, 6) is 0.618. The Morgan fingerprint density at radius 2 is 1.92 bits per heavy atom. The lowest BCUT2D eigenvalue weighted by atomic mass is 9.85. The van der Waals surface area contributed by atoms with Crippen LogP contribution in [0.25, 0.3) is 6.08 Å². The highest BCUT2D eigenvalue weighted by molar-refractivity contribution is 8.18. The third-order valence-corrected chi connectivity index (χ3v) is 6.83. The number of carbonyl (C=O) groups is 1. The van der Waals surface area contributed by atoms with Gasteiger partial charge in [-0.3, -0.25) is 9.69 Å². The molecule has 1 aromatic heterocycles. The van der Waals surface area contributed by atoms with Gasteiger partial charge in [-0.05, 0) is 60.2 Å². The first-order valence-electron chi connectivity index (χ1n) is 9.13. The predicted molar refractivity (Wildman–Crippen MR) is 112 cm³/mol. The number of thiophene rings is 1. The number of aliphatic imine (C=N–C) groups is 1. The van der Waals surface area contributed by atoms with E-state index in [9.17, 15) is 4.79 Å². The van der Waals surface area contributed by atoms with E-state index in [1.54, 1.807) is 11.3 Å². The molecule has 0 N–H and O–H groups in total. The number of amidine groups is 1. The number of hydrogen-bond acceptors (Lipinski definition) is 4. The van der Waals surface area contributed by atoms with Crippen LogP contribution in [0.5, 0.6) is 0 Å². The average molecular weight is 383 g/mol. The Morgan fingerprint density at radius 3 is 2.65 bits per heavy atom. The first kappa shape index (κ1) is 17.6. The highest BCUT2D eigenvalue weighted by Crippen LogP contribution is 2.40. The zero-order valence-electron chi connectivity index (χ0n) is 14.8. The third-order valence-electron chi connectivity index (χ3n) is 5.03. The second kappa shape index (κ2) is 7.80. The number of carbonyl (C=O) groups excluding carboxylic acids is 1. The fourth-order valence-corrected chi connectivity index (χ4v) is 5.42. The lowest BCUT2D eigenvalue weighted by Crippen LogP contribution is -2.44. The van der Waals surface area contributed by atoms with Gasteiger partial charge in [0.25, 0.3) is 5.91 Å². The molecule has 4 rings (SSSR count). The molecule has 3 nitrogen and oxygen atoms in total. The highest BCUT2D eigenvalue weighted by Gasteiger charge is 2.41. The van der Waals surface area contributed by atoms with Crippen LogP contribution in [0, 0.1) is 5.92 Å². The van der Waals surface area contributed by atoms with Crippen molar-refractivity contribution in [2.45, 2.75) is 38.6 Å². The second-order valence-electron chi connectivity index (χ2n) is 6.86. The topological polar surface area (TPSA) is 32.7 Å². The van der Waals surface area contributed by atoms with Crippen LogP contribution < -0.4 is 0 Å². The van der Waals surface area contributed by atoms with Gasteiger partial charge in [0.15, 0.2) is 5.17 Å². The van der Waals surface area contributed by atoms with Crippen LogP contribution in [0.2, 0.25) is 0 Å². The summed E-state index contributed by atoms with van der Waals surface area (Å²) in [4.78, 5) is 21.9. The number of nitrogens with zero attached hydrogens (tertiary/aromatic N) is 2. The van der Waals surface area contributed by atoms with E-state index in [0.29, 0.717) is 5.92 Å². The minimum absolute atomic E-state index is 0.108. The molecule has 1 aromatic carbocycles. The number of benzene rings is 1. The van der Waals surface area contributed by atoms with Gasteiger partial charge in [0.1, 0.15) is 0 Å². The zero-order valence-corrected chi connectivity index (χ0v) is 16.4. The molecule has 134 valence electrons. The van der Waals surface area contributed by atoms with E-state index in [4.69, 9.17) is 4.99 Å². The lowest BCUT2D eigenvalue weighted by Gasteiger charge is -2.35. The van der Waals surface area contributed by atoms with Crippen molar-refractivity contribution >= 4 is 45.9 Å². The Hall–Kier alpha value is -1.85. The molecule has 1 aliphatic heterocycles. The second-order valence-corrected chi connectivity index (χ2v) is 8.85. The van der Waals surface area contributed by atoms with Crippen LogP contribution in [-0.2, 0) is 4.79 Å². The molecule has 0 spiro atoms. The molecule has 0 radical (unpaired) electrons. The summed E-state index contributed by atoms with van der Waals surface area (Å²) in [5.41, 5.74) is 0.897. The van der Waals surface area contributed by atoms with Crippen molar-refractivity contribution in [2.24, 2.45) is 10.9 Å². The van der Waals surface area contributed by atoms with Gasteiger partial charge in [0.05, 0.1) is 10.6 Å². The molecule has 1 saturated heterocycles. The third kappa shape index (κ3) is 3.64. The first-order valence-corrected chi connectivity index (χ1v) is 10.8. The molecule has 0 bridgehead atoms. The van der Waals surface area contributed by atoms with Gasteiger partial charge in [-0.15, -0.1) is 11.3 Å². The molecular formula is C21H22N2OS2. The highest BCUT2D eigenvalue weighted by atomic mass is 32.2. The molecule has 2 fully saturated rings. The molecule has 26 heavy (non-hydrogen) atoms. The summed E-state index contributed by atoms with van der Waals surface area (Å²) >= 11 is 3.16. The molecule has 2 aliphatic rings. The van der Waals surface area contributed by atoms with Gasteiger partial charge in [-0.2, -0.15) is 0 Å². The fourth-order valence-electron chi connectivity index (χ4n) is 3.65. The maximum atomic E-state index is 13.2. The van der Waals surface area contributed by atoms with Crippen molar-refractivity contribution in [3.8, 4) is 0 Å². The standard InChI is InChI=1S/C21H22N2OS2/c1-15-8-5-6-12-18(15)23-20(24)19(14-17-11-7-13-25-17)26-21(23)22-16-9-3-2-4-10-16/h2-4,7,9-11,13-15,18H,5-6,8,12H2,1H3/b19-14-,22-21?/t15-,18-/m1/s1. The van der Waals surface area contributed by atoms with E-state index in [1.807, 2.05) is 58.8 Å². The predicted octanol–water partition coefficient (Wildman–Crippen LogP) is 5.93. The molecule has 0 unspecified atom stereocenters. The smallest absolute Gasteiger partial charge is 0.267 e. The van der Waals surface area contributed by atoms with Crippen molar-refractivity contribution < 1.29 is 4.79 Å². The SMILES string of the molecule is C[C@@H]1CCCC[C@H]1N1C(=O)/C(=C/c2cccs2)SC1=Nc1ccccc1. The fraction of sp³-hybridized carbons (Fsp3) is 0.333. The molecule has 2 heterocycles. The minimum Gasteiger partial charge on any atom is -0.283 e. The Balaban J connectivity index is 1.71. The number of thioether (sulfide) groups is 1. The van der Waals surface area contributed by atoms with E-state index >= 15 is 0 Å². The van der Waals surface area contributed by atoms with Crippen molar-refractivity contribution in [1.29, 1.82) is 0 Å². The van der Waals surface area contributed by atoms with Crippen LogP contribution in [0.15, 0.2) is 57.7 Å². The molecular weight excluding hydrogens is 360 g/mol. The summed E-state index contributed by atoms with van der Waals surface area (Å²) in [5, 5.41) is 2.86. The van der Waals surface area contributed by atoms with E-state index in [-0.39, 0.29) is 11.9 Å². The van der Waals surface area contributed by atoms with Crippen LogP contribution in [0.3, 0.4) is 0 Å². The van der Waals surface area contributed by atoms with Gasteiger partial charge in [0, 0.05) is 10.9 Å². The molecule has 2 aromatic rings.